The first-order chi connectivity index (χ1) is 11.6. The standard InChI is InChI=1S/C16H15FN2O5/c17-13-5-2-1-4-11(13)9-22-10-12(20)8-19-16(21)24-15(18-19)14-6-3-7-23-14/h1-7,12,20H,8-10H2. The molecule has 0 radical (unpaired) electrons. The lowest BCUT2D eigenvalue weighted by Gasteiger charge is -2.10. The summed E-state index contributed by atoms with van der Waals surface area (Å²) in [5, 5.41) is 13.9. The average Bonchev–Trinajstić information content (AvgIpc) is 3.20. The third-order valence-electron chi connectivity index (χ3n) is 3.25. The number of furan rings is 1. The van der Waals surface area contributed by atoms with E-state index < -0.39 is 11.9 Å². The number of nitrogens with zero attached hydrogens (tertiary/aromatic N) is 2. The number of rotatable bonds is 7. The van der Waals surface area contributed by atoms with E-state index >= 15 is 0 Å². The van der Waals surface area contributed by atoms with Gasteiger partial charge in [0.05, 0.1) is 32.1 Å². The Balaban J connectivity index is 1.55. The van der Waals surface area contributed by atoms with Crippen molar-refractivity contribution in [3.05, 3.63) is 64.6 Å². The van der Waals surface area contributed by atoms with Crippen LogP contribution in [0.25, 0.3) is 11.7 Å². The summed E-state index contributed by atoms with van der Waals surface area (Å²) < 4.78 is 29.7. The zero-order valence-corrected chi connectivity index (χ0v) is 12.6. The Bertz CT molecular complexity index is 840. The van der Waals surface area contributed by atoms with Crippen molar-refractivity contribution in [1.82, 2.24) is 9.78 Å². The van der Waals surface area contributed by atoms with E-state index in [0.717, 1.165) is 4.68 Å². The van der Waals surface area contributed by atoms with Gasteiger partial charge < -0.3 is 18.7 Å². The maximum Gasteiger partial charge on any atom is 0.437 e. The molecule has 0 bridgehead atoms. The quantitative estimate of drug-likeness (QED) is 0.709. The zero-order chi connectivity index (χ0) is 16.9. The predicted octanol–water partition coefficient (Wildman–Crippen LogP) is 1.81. The van der Waals surface area contributed by atoms with Crippen LogP contribution < -0.4 is 5.76 Å². The molecule has 0 fully saturated rings. The summed E-state index contributed by atoms with van der Waals surface area (Å²) in [4.78, 5) is 11.7. The minimum Gasteiger partial charge on any atom is -0.459 e. The number of aliphatic hydroxyl groups excluding tert-OH is 1. The van der Waals surface area contributed by atoms with Gasteiger partial charge in [-0.15, -0.1) is 5.10 Å². The second-order valence-electron chi connectivity index (χ2n) is 5.09. The summed E-state index contributed by atoms with van der Waals surface area (Å²) >= 11 is 0. The molecule has 2 aromatic heterocycles. The molecule has 7 nitrogen and oxygen atoms in total. The van der Waals surface area contributed by atoms with Crippen LogP contribution in [0.1, 0.15) is 5.56 Å². The maximum atomic E-state index is 13.4. The van der Waals surface area contributed by atoms with E-state index in [0.29, 0.717) is 11.3 Å². The minimum absolute atomic E-state index is 0.0229. The van der Waals surface area contributed by atoms with Crippen molar-refractivity contribution in [2.75, 3.05) is 6.61 Å². The Labute approximate surface area is 135 Å². The molecular formula is C16H15FN2O5. The zero-order valence-electron chi connectivity index (χ0n) is 12.6. The molecule has 0 aliphatic heterocycles. The van der Waals surface area contributed by atoms with E-state index in [-0.39, 0.29) is 31.5 Å². The van der Waals surface area contributed by atoms with Crippen LogP contribution >= 0.6 is 0 Å². The fourth-order valence-corrected chi connectivity index (χ4v) is 2.09. The van der Waals surface area contributed by atoms with Gasteiger partial charge in [-0.25, -0.2) is 9.18 Å². The van der Waals surface area contributed by atoms with Crippen molar-refractivity contribution < 1.29 is 23.1 Å². The van der Waals surface area contributed by atoms with E-state index in [1.54, 1.807) is 30.3 Å². The molecule has 3 aromatic rings. The molecule has 0 aliphatic carbocycles. The molecule has 0 spiro atoms. The van der Waals surface area contributed by atoms with Gasteiger partial charge in [-0.3, -0.25) is 0 Å². The molecule has 8 heteroatoms. The Morgan fingerprint density at radius 3 is 2.88 bits per heavy atom. The third kappa shape index (κ3) is 3.79. The van der Waals surface area contributed by atoms with E-state index in [2.05, 4.69) is 5.10 Å². The lowest BCUT2D eigenvalue weighted by atomic mass is 10.2. The summed E-state index contributed by atoms with van der Waals surface area (Å²) in [5.74, 6) is -0.738. The van der Waals surface area contributed by atoms with Crippen LogP contribution in [-0.2, 0) is 17.9 Å². The van der Waals surface area contributed by atoms with Crippen LogP contribution in [0, 0.1) is 5.82 Å². The fraction of sp³-hybridized carbons (Fsp3) is 0.250. The number of aliphatic hydroxyl groups is 1. The fourth-order valence-electron chi connectivity index (χ4n) is 2.09. The normalized spacial score (nSPS) is 12.4. The van der Waals surface area contributed by atoms with E-state index in [4.69, 9.17) is 13.6 Å². The number of hydrogen-bond donors (Lipinski definition) is 1. The molecule has 0 aliphatic rings. The Morgan fingerprint density at radius 2 is 2.12 bits per heavy atom. The van der Waals surface area contributed by atoms with Crippen molar-refractivity contribution >= 4 is 0 Å². The minimum atomic E-state index is -0.996. The molecule has 0 saturated carbocycles. The van der Waals surface area contributed by atoms with Crippen molar-refractivity contribution in [2.45, 2.75) is 19.3 Å². The Hall–Kier alpha value is -2.71. The molecule has 24 heavy (non-hydrogen) atoms. The molecule has 1 N–H and O–H groups in total. The summed E-state index contributed by atoms with van der Waals surface area (Å²) in [5.41, 5.74) is 0.392. The molecular weight excluding hydrogens is 319 g/mol. The smallest absolute Gasteiger partial charge is 0.437 e. The van der Waals surface area contributed by atoms with Crippen molar-refractivity contribution in [3.8, 4) is 11.7 Å². The summed E-state index contributed by atoms with van der Waals surface area (Å²) in [7, 11) is 0. The average molecular weight is 334 g/mol. The summed E-state index contributed by atoms with van der Waals surface area (Å²) in [6.07, 6.45) is 0.434. The Kier molecular flexibility index (Phi) is 4.88. The number of aromatic nitrogens is 2. The lowest BCUT2D eigenvalue weighted by Crippen LogP contribution is -2.28. The van der Waals surface area contributed by atoms with E-state index in [1.165, 1.54) is 12.3 Å². The van der Waals surface area contributed by atoms with E-state index in [1.807, 2.05) is 0 Å². The molecule has 3 rings (SSSR count). The van der Waals surface area contributed by atoms with Gasteiger partial charge in [0.15, 0.2) is 5.76 Å². The van der Waals surface area contributed by atoms with Gasteiger partial charge in [-0.1, -0.05) is 18.2 Å². The summed E-state index contributed by atoms with van der Waals surface area (Å²) in [6, 6.07) is 9.45. The highest BCUT2D eigenvalue weighted by Gasteiger charge is 2.15. The predicted molar refractivity (Wildman–Crippen MR) is 80.5 cm³/mol. The SMILES string of the molecule is O=c1oc(-c2ccco2)nn1CC(O)COCc1ccccc1F. The molecule has 1 atom stereocenters. The molecule has 126 valence electrons. The van der Waals surface area contributed by atoms with Crippen LogP contribution in [-0.4, -0.2) is 27.6 Å². The molecule has 2 heterocycles. The molecule has 1 unspecified atom stereocenters. The number of benzene rings is 1. The third-order valence-corrected chi connectivity index (χ3v) is 3.25. The van der Waals surface area contributed by atoms with E-state index in [9.17, 15) is 14.3 Å². The van der Waals surface area contributed by atoms with Crippen LogP contribution in [0.15, 0.2) is 56.3 Å². The van der Waals surface area contributed by atoms with Gasteiger partial charge in [-0.05, 0) is 18.2 Å². The first kappa shape index (κ1) is 16.2. The highest BCUT2D eigenvalue weighted by Crippen LogP contribution is 2.15. The number of hydrogen-bond acceptors (Lipinski definition) is 6. The second kappa shape index (κ2) is 7.24. The van der Waals surface area contributed by atoms with Gasteiger partial charge in [0.1, 0.15) is 5.82 Å². The highest BCUT2D eigenvalue weighted by molar-refractivity contribution is 5.42. The first-order valence-corrected chi connectivity index (χ1v) is 7.24. The van der Waals surface area contributed by atoms with Gasteiger partial charge in [0, 0.05) is 5.56 Å². The lowest BCUT2D eigenvalue weighted by molar-refractivity contribution is 0.0169. The monoisotopic (exact) mass is 334 g/mol. The highest BCUT2D eigenvalue weighted by atomic mass is 19.1. The second-order valence-corrected chi connectivity index (χ2v) is 5.09. The maximum absolute atomic E-state index is 13.4. The van der Waals surface area contributed by atoms with Crippen LogP contribution in [0.3, 0.4) is 0 Å². The van der Waals surface area contributed by atoms with Crippen molar-refractivity contribution in [1.29, 1.82) is 0 Å². The first-order valence-electron chi connectivity index (χ1n) is 7.24. The Morgan fingerprint density at radius 1 is 1.29 bits per heavy atom. The number of halogens is 1. The van der Waals surface area contributed by atoms with Gasteiger partial charge in [0.2, 0.25) is 0 Å². The van der Waals surface area contributed by atoms with Gasteiger partial charge in [0.25, 0.3) is 5.89 Å². The topological polar surface area (TPSA) is 90.6 Å². The van der Waals surface area contributed by atoms with Gasteiger partial charge >= 0.3 is 5.76 Å². The van der Waals surface area contributed by atoms with Crippen molar-refractivity contribution in [3.63, 3.8) is 0 Å². The largest absolute Gasteiger partial charge is 0.459 e. The van der Waals surface area contributed by atoms with Crippen LogP contribution in [0.2, 0.25) is 0 Å². The molecule has 0 amide bonds. The van der Waals surface area contributed by atoms with Crippen LogP contribution in [0.4, 0.5) is 4.39 Å². The van der Waals surface area contributed by atoms with Gasteiger partial charge in [-0.2, -0.15) is 4.68 Å². The molecule has 0 saturated heterocycles. The number of ether oxygens (including phenoxy) is 1. The molecule has 1 aromatic carbocycles. The van der Waals surface area contributed by atoms with Crippen molar-refractivity contribution in [2.24, 2.45) is 0 Å². The van der Waals surface area contributed by atoms with Crippen LogP contribution in [0.5, 0.6) is 0 Å². The summed E-state index contributed by atoms with van der Waals surface area (Å²) in [6.45, 7) is -0.168.